The lowest BCUT2D eigenvalue weighted by Gasteiger charge is -2.38. The topological polar surface area (TPSA) is 50.8 Å². The molecule has 5 nitrogen and oxygen atoms in total. The second-order valence-electron chi connectivity index (χ2n) is 6.14. The first-order valence-electron chi connectivity index (χ1n) is 6.69. The van der Waals surface area contributed by atoms with Crippen molar-refractivity contribution in [3.05, 3.63) is 0 Å². The normalized spacial score (nSPS) is 25.9. The summed E-state index contributed by atoms with van der Waals surface area (Å²) in [7, 11) is 0. The maximum absolute atomic E-state index is 12.1. The molecule has 0 radical (unpaired) electrons. The van der Waals surface area contributed by atoms with E-state index >= 15 is 0 Å². The largest absolute Gasteiger partial charge is 0.380 e. The van der Waals surface area contributed by atoms with Crippen molar-refractivity contribution in [1.82, 2.24) is 10.2 Å². The minimum absolute atomic E-state index is 0.0808. The van der Waals surface area contributed by atoms with Gasteiger partial charge in [-0.2, -0.15) is 0 Å². The lowest BCUT2D eigenvalue weighted by atomic mass is 10.1. The summed E-state index contributed by atoms with van der Waals surface area (Å²) in [4.78, 5) is 14.0. The zero-order valence-electron chi connectivity index (χ0n) is 11.6. The highest BCUT2D eigenvalue weighted by Gasteiger charge is 2.33. The van der Waals surface area contributed by atoms with Crippen molar-refractivity contribution in [3.63, 3.8) is 0 Å². The van der Waals surface area contributed by atoms with E-state index in [4.69, 9.17) is 9.47 Å². The molecule has 1 amide bonds. The highest BCUT2D eigenvalue weighted by atomic mass is 16.5. The molecule has 104 valence electrons. The Kier molecular flexibility index (Phi) is 4.25. The van der Waals surface area contributed by atoms with E-state index in [-0.39, 0.29) is 23.5 Å². The molecule has 2 aliphatic heterocycles. The number of hydrogen-bond acceptors (Lipinski definition) is 4. The average Bonchev–Trinajstić information content (AvgIpc) is 2.23. The quantitative estimate of drug-likeness (QED) is 0.786. The van der Waals surface area contributed by atoms with Crippen LogP contribution in [0.4, 0.5) is 0 Å². The number of amides is 1. The van der Waals surface area contributed by atoms with Crippen molar-refractivity contribution < 1.29 is 14.3 Å². The molecule has 0 bridgehead atoms. The van der Waals surface area contributed by atoms with Crippen LogP contribution in [-0.2, 0) is 14.3 Å². The molecule has 0 aromatic rings. The van der Waals surface area contributed by atoms with E-state index in [1.807, 2.05) is 4.90 Å². The second kappa shape index (κ2) is 5.55. The fourth-order valence-electron chi connectivity index (χ4n) is 2.10. The van der Waals surface area contributed by atoms with Crippen molar-refractivity contribution in [2.24, 2.45) is 5.92 Å². The average molecular weight is 256 g/mol. The smallest absolute Gasteiger partial charge is 0.230 e. The number of nitrogens with one attached hydrogen (secondary N) is 1. The summed E-state index contributed by atoms with van der Waals surface area (Å²) in [5.41, 5.74) is 0.0808. The zero-order valence-corrected chi connectivity index (χ0v) is 11.6. The van der Waals surface area contributed by atoms with Crippen molar-refractivity contribution in [3.8, 4) is 0 Å². The Balaban J connectivity index is 1.78. The van der Waals surface area contributed by atoms with Crippen LogP contribution >= 0.6 is 0 Å². The number of ether oxygens (including phenoxy) is 2. The third kappa shape index (κ3) is 3.67. The van der Waals surface area contributed by atoms with Crippen LogP contribution in [0.1, 0.15) is 20.8 Å². The molecule has 0 unspecified atom stereocenters. The first-order valence-corrected chi connectivity index (χ1v) is 6.69. The van der Waals surface area contributed by atoms with Crippen molar-refractivity contribution in [2.45, 2.75) is 32.4 Å². The van der Waals surface area contributed by atoms with E-state index in [0.29, 0.717) is 32.9 Å². The number of carbonyl (C=O) groups is 1. The predicted octanol–water partition coefficient (Wildman–Crippen LogP) is 0.248. The molecule has 18 heavy (non-hydrogen) atoms. The summed E-state index contributed by atoms with van der Waals surface area (Å²) in [6.45, 7) is 10.4. The number of morpholine rings is 1. The Hall–Kier alpha value is -0.650. The fourth-order valence-corrected chi connectivity index (χ4v) is 2.10. The zero-order chi connectivity index (χ0) is 13.2. The van der Waals surface area contributed by atoms with Crippen LogP contribution in [-0.4, -0.2) is 61.9 Å². The minimum Gasteiger partial charge on any atom is -0.380 e. The minimum atomic E-state index is 0.0808. The van der Waals surface area contributed by atoms with Gasteiger partial charge < -0.3 is 19.7 Å². The van der Waals surface area contributed by atoms with Crippen LogP contribution in [0.5, 0.6) is 0 Å². The van der Waals surface area contributed by atoms with Crippen molar-refractivity contribution in [2.75, 3.05) is 39.5 Å². The first-order chi connectivity index (χ1) is 8.46. The molecule has 0 spiro atoms. The maximum atomic E-state index is 12.1. The van der Waals surface area contributed by atoms with Crippen LogP contribution in [0.25, 0.3) is 0 Å². The molecule has 1 atom stereocenters. The molecule has 2 saturated heterocycles. The molecule has 5 heteroatoms. The van der Waals surface area contributed by atoms with Gasteiger partial charge in [0.25, 0.3) is 0 Å². The first kappa shape index (κ1) is 13.8. The standard InChI is InChI=1S/C13H24N2O3/c1-13(2,3)14-6-11-7-15(4-5-18-11)12(16)10-8-17-9-10/h10-11,14H,4-9H2,1-3H3/t11-/m0/s1. The van der Waals surface area contributed by atoms with Gasteiger partial charge in [0.05, 0.1) is 31.8 Å². The molecular formula is C13H24N2O3. The Labute approximate surface area is 109 Å². The van der Waals surface area contributed by atoms with Gasteiger partial charge >= 0.3 is 0 Å². The van der Waals surface area contributed by atoms with Gasteiger partial charge in [-0.1, -0.05) is 0 Å². The molecule has 2 aliphatic rings. The van der Waals surface area contributed by atoms with E-state index in [9.17, 15) is 4.79 Å². The van der Waals surface area contributed by atoms with E-state index in [2.05, 4.69) is 26.1 Å². The molecule has 0 saturated carbocycles. The van der Waals surface area contributed by atoms with E-state index in [0.717, 1.165) is 6.54 Å². The monoisotopic (exact) mass is 256 g/mol. The Bertz CT molecular complexity index is 297. The van der Waals surface area contributed by atoms with Crippen LogP contribution in [0.2, 0.25) is 0 Å². The lowest BCUT2D eigenvalue weighted by molar-refractivity contribution is -0.156. The third-order valence-corrected chi connectivity index (χ3v) is 3.30. The van der Waals surface area contributed by atoms with Crippen LogP contribution in [0.15, 0.2) is 0 Å². The highest BCUT2D eigenvalue weighted by Crippen LogP contribution is 2.16. The lowest BCUT2D eigenvalue weighted by Crippen LogP contribution is -2.54. The molecule has 0 aliphatic carbocycles. The molecule has 0 aromatic carbocycles. The van der Waals surface area contributed by atoms with Crippen LogP contribution in [0.3, 0.4) is 0 Å². The van der Waals surface area contributed by atoms with E-state index < -0.39 is 0 Å². The summed E-state index contributed by atoms with van der Waals surface area (Å²) >= 11 is 0. The number of rotatable bonds is 3. The van der Waals surface area contributed by atoms with Crippen molar-refractivity contribution >= 4 is 5.91 Å². The summed E-state index contributed by atoms with van der Waals surface area (Å²) in [5, 5.41) is 3.42. The summed E-state index contributed by atoms with van der Waals surface area (Å²) in [6.07, 6.45) is 0.0999. The predicted molar refractivity (Wildman–Crippen MR) is 68.4 cm³/mol. The van der Waals surface area contributed by atoms with Gasteiger partial charge in [-0.05, 0) is 20.8 Å². The fraction of sp³-hybridized carbons (Fsp3) is 0.923. The van der Waals surface area contributed by atoms with Crippen molar-refractivity contribution in [1.29, 1.82) is 0 Å². The summed E-state index contributed by atoms with van der Waals surface area (Å²) in [5.74, 6) is 0.310. The maximum Gasteiger partial charge on any atom is 0.230 e. The van der Waals surface area contributed by atoms with Crippen LogP contribution in [0, 0.1) is 5.92 Å². The van der Waals surface area contributed by atoms with Gasteiger partial charge in [-0.25, -0.2) is 0 Å². The SMILES string of the molecule is CC(C)(C)NC[C@H]1CN(C(=O)C2COC2)CCO1. The van der Waals surface area contributed by atoms with Gasteiger partial charge in [0.1, 0.15) is 0 Å². The number of carbonyl (C=O) groups excluding carboxylic acids is 1. The third-order valence-electron chi connectivity index (χ3n) is 3.30. The Morgan fingerprint density at radius 2 is 2.11 bits per heavy atom. The molecular weight excluding hydrogens is 232 g/mol. The highest BCUT2D eigenvalue weighted by molar-refractivity contribution is 5.79. The molecule has 2 heterocycles. The second-order valence-corrected chi connectivity index (χ2v) is 6.14. The summed E-state index contributed by atoms with van der Waals surface area (Å²) in [6, 6.07) is 0. The summed E-state index contributed by atoms with van der Waals surface area (Å²) < 4.78 is 10.8. The van der Waals surface area contributed by atoms with Crippen LogP contribution < -0.4 is 5.32 Å². The molecule has 0 aromatic heterocycles. The number of hydrogen-bond donors (Lipinski definition) is 1. The van der Waals surface area contributed by atoms with Gasteiger partial charge in [0, 0.05) is 25.2 Å². The van der Waals surface area contributed by atoms with E-state index in [1.54, 1.807) is 0 Å². The molecule has 1 N–H and O–H groups in total. The molecule has 2 rings (SSSR count). The molecule has 2 fully saturated rings. The Morgan fingerprint density at radius 1 is 1.39 bits per heavy atom. The van der Waals surface area contributed by atoms with Gasteiger partial charge in [0.15, 0.2) is 0 Å². The van der Waals surface area contributed by atoms with Gasteiger partial charge in [-0.3, -0.25) is 4.79 Å². The number of nitrogens with zero attached hydrogens (tertiary/aromatic N) is 1. The van der Waals surface area contributed by atoms with Gasteiger partial charge in [-0.15, -0.1) is 0 Å². The van der Waals surface area contributed by atoms with E-state index in [1.165, 1.54) is 0 Å². The Morgan fingerprint density at radius 3 is 2.67 bits per heavy atom. The van der Waals surface area contributed by atoms with Gasteiger partial charge in [0.2, 0.25) is 5.91 Å².